The maximum Gasteiger partial charge on any atom is 0.243 e. The number of carbonyl (C=O) groups excluding carboxylic acids is 1. The number of benzene rings is 1. The number of rotatable bonds is 4. The fourth-order valence-electron chi connectivity index (χ4n) is 2.96. The molecule has 2 heterocycles. The van der Waals surface area contributed by atoms with Crippen LogP contribution in [0.3, 0.4) is 0 Å². The normalized spacial score (nSPS) is 18.4. The molecule has 1 fully saturated rings. The van der Waals surface area contributed by atoms with E-state index in [1.54, 1.807) is 36.4 Å². The highest BCUT2D eigenvalue weighted by molar-refractivity contribution is 7.89. The van der Waals surface area contributed by atoms with E-state index < -0.39 is 15.9 Å². The maximum atomic E-state index is 12.8. The molecule has 1 aromatic heterocycles. The van der Waals surface area contributed by atoms with Gasteiger partial charge in [0.1, 0.15) is 5.82 Å². The zero-order valence-electron chi connectivity index (χ0n) is 14.6. The second-order valence-corrected chi connectivity index (χ2v) is 8.41. The van der Waals surface area contributed by atoms with Gasteiger partial charge in [-0.25, -0.2) is 13.4 Å². The van der Waals surface area contributed by atoms with Crippen LogP contribution in [0.25, 0.3) is 0 Å². The van der Waals surface area contributed by atoms with Gasteiger partial charge in [-0.1, -0.05) is 17.7 Å². The lowest BCUT2D eigenvalue weighted by Crippen LogP contribution is -2.43. The Morgan fingerprint density at radius 2 is 1.96 bits per heavy atom. The number of pyridine rings is 1. The van der Waals surface area contributed by atoms with Crippen LogP contribution in [0, 0.1) is 12.8 Å². The first-order chi connectivity index (χ1) is 12.4. The van der Waals surface area contributed by atoms with Crippen molar-refractivity contribution < 1.29 is 13.2 Å². The van der Waals surface area contributed by atoms with Crippen LogP contribution in [-0.4, -0.2) is 36.7 Å². The largest absolute Gasteiger partial charge is 0.384 e. The van der Waals surface area contributed by atoms with Crippen molar-refractivity contribution in [2.75, 3.05) is 24.1 Å². The van der Waals surface area contributed by atoms with Gasteiger partial charge in [0.25, 0.3) is 0 Å². The zero-order chi connectivity index (χ0) is 18.7. The van der Waals surface area contributed by atoms with Gasteiger partial charge in [-0.15, -0.1) is 0 Å². The third-order valence-corrected chi connectivity index (χ3v) is 6.35. The Balaban J connectivity index is 1.71. The van der Waals surface area contributed by atoms with Crippen molar-refractivity contribution in [1.82, 2.24) is 9.29 Å². The Bertz CT molecular complexity index is 880. The summed E-state index contributed by atoms with van der Waals surface area (Å²) in [6.07, 6.45) is 2.77. The number of sulfonamides is 1. The first-order valence-electron chi connectivity index (χ1n) is 8.45. The second kappa shape index (κ2) is 7.43. The van der Waals surface area contributed by atoms with Crippen LogP contribution in [0.1, 0.15) is 18.4 Å². The number of anilines is 2. The van der Waals surface area contributed by atoms with Gasteiger partial charge < -0.3 is 11.1 Å². The Hall–Kier alpha value is -2.45. The number of aromatic nitrogens is 1. The Kier molecular flexibility index (Phi) is 5.24. The molecule has 1 aromatic carbocycles. The number of nitrogen functional groups attached to an aromatic ring is 1. The molecule has 1 aliphatic rings. The smallest absolute Gasteiger partial charge is 0.243 e. The highest BCUT2D eigenvalue weighted by atomic mass is 32.2. The molecule has 1 saturated heterocycles. The summed E-state index contributed by atoms with van der Waals surface area (Å²) in [6, 6.07) is 10.0. The number of hydrogen-bond acceptors (Lipinski definition) is 5. The van der Waals surface area contributed by atoms with Gasteiger partial charge in [-0.05, 0) is 44.0 Å². The van der Waals surface area contributed by atoms with E-state index in [1.165, 1.54) is 10.5 Å². The van der Waals surface area contributed by atoms with E-state index in [4.69, 9.17) is 5.73 Å². The predicted molar refractivity (Wildman–Crippen MR) is 99.9 cm³/mol. The molecule has 0 saturated carbocycles. The van der Waals surface area contributed by atoms with Crippen molar-refractivity contribution in [2.24, 2.45) is 5.92 Å². The van der Waals surface area contributed by atoms with Crippen molar-refractivity contribution in [2.45, 2.75) is 24.7 Å². The van der Waals surface area contributed by atoms with Gasteiger partial charge in [0.05, 0.1) is 22.7 Å². The minimum Gasteiger partial charge on any atom is -0.384 e. The summed E-state index contributed by atoms with van der Waals surface area (Å²) in [4.78, 5) is 16.7. The number of nitrogens with two attached hydrogens (primary N) is 1. The molecule has 0 aliphatic carbocycles. The van der Waals surface area contributed by atoms with Crippen LogP contribution in [-0.2, 0) is 14.8 Å². The molecule has 2 aromatic rings. The quantitative estimate of drug-likeness (QED) is 0.852. The fraction of sp³-hybridized carbons (Fsp3) is 0.333. The zero-order valence-corrected chi connectivity index (χ0v) is 15.4. The molecule has 1 unspecified atom stereocenters. The fourth-order valence-corrected chi connectivity index (χ4v) is 4.48. The summed E-state index contributed by atoms with van der Waals surface area (Å²) in [6.45, 7) is 2.50. The molecule has 0 bridgehead atoms. The summed E-state index contributed by atoms with van der Waals surface area (Å²) in [5, 5.41) is 2.78. The van der Waals surface area contributed by atoms with Crippen LogP contribution in [0.4, 0.5) is 11.5 Å². The molecule has 3 rings (SSSR count). The minimum absolute atomic E-state index is 0.171. The molecule has 8 heteroatoms. The first kappa shape index (κ1) is 18.3. The average molecular weight is 374 g/mol. The lowest BCUT2D eigenvalue weighted by molar-refractivity contribution is -0.120. The molecule has 26 heavy (non-hydrogen) atoms. The lowest BCUT2D eigenvalue weighted by atomic mass is 9.99. The number of carbonyl (C=O) groups is 1. The summed E-state index contributed by atoms with van der Waals surface area (Å²) >= 11 is 0. The van der Waals surface area contributed by atoms with Crippen LogP contribution >= 0.6 is 0 Å². The summed E-state index contributed by atoms with van der Waals surface area (Å²) in [5.74, 6) is -0.238. The van der Waals surface area contributed by atoms with Crippen molar-refractivity contribution in [1.29, 1.82) is 0 Å². The highest BCUT2D eigenvalue weighted by Gasteiger charge is 2.33. The number of amides is 1. The number of hydrogen-bond donors (Lipinski definition) is 2. The molecule has 0 radical (unpaired) electrons. The van der Waals surface area contributed by atoms with Crippen molar-refractivity contribution in [3.63, 3.8) is 0 Å². The average Bonchev–Trinajstić information content (AvgIpc) is 2.64. The molecule has 138 valence electrons. The van der Waals surface area contributed by atoms with Crippen molar-refractivity contribution in [3.05, 3.63) is 48.2 Å². The Labute approximate surface area is 153 Å². The monoisotopic (exact) mass is 374 g/mol. The predicted octanol–water partition coefficient (Wildman–Crippen LogP) is 2.01. The van der Waals surface area contributed by atoms with Crippen LogP contribution in [0.15, 0.2) is 47.5 Å². The number of nitrogens with zero attached hydrogens (tertiary/aromatic N) is 2. The third-order valence-electron chi connectivity index (χ3n) is 4.47. The highest BCUT2D eigenvalue weighted by Crippen LogP contribution is 2.25. The van der Waals surface area contributed by atoms with Crippen molar-refractivity contribution >= 4 is 27.4 Å². The molecule has 1 atom stereocenters. The molecule has 1 aliphatic heterocycles. The van der Waals surface area contributed by atoms with Crippen LogP contribution in [0.2, 0.25) is 0 Å². The molecule has 1 amide bonds. The standard InChI is InChI=1S/C18H22N4O3S/c1-13-4-7-16(8-5-13)26(24,25)22-10-2-3-14(12-22)18(23)21-15-6-9-17(19)20-11-15/h4-9,11,14H,2-3,10,12H2,1H3,(H2,19,20)(H,21,23). The van der Waals surface area contributed by atoms with E-state index in [-0.39, 0.29) is 17.3 Å². The number of piperidine rings is 1. The topological polar surface area (TPSA) is 105 Å². The van der Waals surface area contributed by atoms with Gasteiger partial charge in [0.2, 0.25) is 15.9 Å². The molecular weight excluding hydrogens is 352 g/mol. The number of nitrogens with one attached hydrogen (secondary N) is 1. The summed E-state index contributed by atoms with van der Waals surface area (Å²) < 4.78 is 27.1. The van der Waals surface area contributed by atoms with Gasteiger partial charge in [-0.2, -0.15) is 4.31 Å². The van der Waals surface area contributed by atoms with Gasteiger partial charge in [0.15, 0.2) is 0 Å². The van der Waals surface area contributed by atoms with Crippen molar-refractivity contribution in [3.8, 4) is 0 Å². The minimum atomic E-state index is -3.60. The van der Waals surface area contributed by atoms with E-state index in [1.807, 2.05) is 6.92 Å². The Morgan fingerprint density at radius 1 is 1.23 bits per heavy atom. The molecule has 3 N–H and O–H groups in total. The molecular formula is C18H22N4O3S. The molecule has 7 nitrogen and oxygen atoms in total. The summed E-state index contributed by atoms with van der Waals surface area (Å²) in [7, 11) is -3.60. The van der Waals surface area contributed by atoms with Gasteiger partial charge >= 0.3 is 0 Å². The van der Waals surface area contributed by atoms with E-state index in [2.05, 4.69) is 10.3 Å². The lowest BCUT2D eigenvalue weighted by Gasteiger charge is -2.31. The maximum absolute atomic E-state index is 12.8. The second-order valence-electron chi connectivity index (χ2n) is 6.48. The molecule has 0 spiro atoms. The Morgan fingerprint density at radius 3 is 2.62 bits per heavy atom. The van der Waals surface area contributed by atoms with E-state index in [0.717, 1.165) is 5.56 Å². The van der Waals surface area contributed by atoms with Gasteiger partial charge in [-0.3, -0.25) is 4.79 Å². The van der Waals surface area contributed by atoms with E-state index in [0.29, 0.717) is 30.9 Å². The first-order valence-corrected chi connectivity index (χ1v) is 9.89. The van der Waals surface area contributed by atoms with Crippen LogP contribution in [0.5, 0.6) is 0 Å². The van der Waals surface area contributed by atoms with Crippen LogP contribution < -0.4 is 11.1 Å². The summed E-state index contributed by atoms with van der Waals surface area (Å²) in [5.41, 5.74) is 7.08. The van der Waals surface area contributed by atoms with Gasteiger partial charge in [0, 0.05) is 13.1 Å². The third kappa shape index (κ3) is 4.03. The van der Waals surface area contributed by atoms with E-state index in [9.17, 15) is 13.2 Å². The SMILES string of the molecule is Cc1ccc(S(=O)(=O)N2CCCC(C(=O)Nc3ccc(N)nc3)C2)cc1. The van der Waals surface area contributed by atoms with E-state index >= 15 is 0 Å². The number of aryl methyl sites for hydroxylation is 1.